The van der Waals surface area contributed by atoms with Crippen LogP contribution < -0.4 is 0 Å². The molecule has 3 rings (SSSR count). The molecule has 21 heavy (non-hydrogen) atoms. The van der Waals surface area contributed by atoms with Crippen LogP contribution in [0.5, 0.6) is 0 Å². The molecule has 1 aromatic heterocycles. The van der Waals surface area contributed by atoms with Crippen LogP contribution in [0, 0.1) is 5.82 Å². The summed E-state index contributed by atoms with van der Waals surface area (Å²) < 4.78 is 16.6. The average Bonchev–Trinajstić information content (AvgIpc) is 2.82. The van der Waals surface area contributed by atoms with Crippen molar-refractivity contribution in [3.05, 3.63) is 28.6 Å². The molecule has 0 atom stereocenters. The number of hydrogen-bond acceptors (Lipinski definition) is 2. The van der Waals surface area contributed by atoms with Crippen molar-refractivity contribution in [2.45, 2.75) is 45.2 Å². The van der Waals surface area contributed by atoms with Gasteiger partial charge in [0.15, 0.2) is 5.82 Å². The van der Waals surface area contributed by atoms with Gasteiger partial charge in [-0.25, -0.2) is 4.39 Å². The summed E-state index contributed by atoms with van der Waals surface area (Å²) in [6.07, 6.45) is 4.10. The molecule has 0 saturated carbocycles. The van der Waals surface area contributed by atoms with E-state index in [0.717, 1.165) is 35.8 Å². The van der Waals surface area contributed by atoms with E-state index in [0.29, 0.717) is 11.6 Å². The largest absolute Gasteiger partial charge is 0.298 e. The third kappa shape index (κ3) is 2.99. The molecule has 0 amide bonds. The highest BCUT2D eigenvalue weighted by Crippen LogP contribution is 2.29. The summed E-state index contributed by atoms with van der Waals surface area (Å²) in [6.45, 7) is 8.89. The highest BCUT2D eigenvalue weighted by molar-refractivity contribution is 9.10. The van der Waals surface area contributed by atoms with Crippen LogP contribution in [0.25, 0.3) is 10.9 Å². The number of fused-ring (bicyclic) bond motifs is 1. The van der Waals surface area contributed by atoms with Gasteiger partial charge in [-0.1, -0.05) is 15.9 Å². The molecular weight excluding hydrogens is 333 g/mol. The zero-order valence-corrected chi connectivity index (χ0v) is 14.3. The molecule has 0 spiro atoms. The normalized spacial score (nSPS) is 18.5. The number of halogens is 2. The predicted octanol–water partition coefficient (Wildman–Crippen LogP) is 4.37. The standard InChI is InChI=1S/C16H21BrFN3/c1-16(2,3)20-6-4-13(5-7-20)21-10-11-8-12(17)9-14(18)15(11)19-21/h8-10,13H,4-7H2,1-3H3. The highest BCUT2D eigenvalue weighted by atomic mass is 79.9. The maximum Gasteiger partial charge on any atom is 0.152 e. The molecule has 1 saturated heterocycles. The molecule has 0 aliphatic carbocycles. The molecule has 3 nitrogen and oxygen atoms in total. The Labute approximate surface area is 133 Å². The third-order valence-corrected chi connectivity index (χ3v) is 4.79. The molecule has 1 fully saturated rings. The highest BCUT2D eigenvalue weighted by Gasteiger charge is 2.28. The maximum atomic E-state index is 13.9. The first-order valence-electron chi connectivity index (χ1n) is 7.43. The van der Waals surface area contributed by atoms with Gasteiger partial charge in [0.1, 0.15) is 5.52 Å². The van der Waals surface area contributed by atoms with E-state index >= 15 is 0 Å². The SMILES string of the molecule is CC(C)(C)N1CCC(n2cc3cc(Br)cc(F)c3n2)CC1. The molecule has 2 heterocycles. The number of piperidine rings is 1. The minimum absolute atomic E-state index is 0.219. The molecular formula is C16H21BrFN3. The van der Waals surface area contributed by atoms with Gasteiger partial charge < -0.3 is 0 Å². The van der Waals surface area contributed by atoms with E-state index in [1.807, 2.05) is 16.9 Å². The Morgan fingerprint density at radius 1 is 1.24 bits per heavy atom. The Bertz CT molecular complexity index is 651. The summed E-state index contributed by atoms with van der Waals surface area (Å²) in [5.74, 6) is -0.259. The lowest BCUT2D eigenvalue weighted by atomic mass is 9.98. The zero-order valence-electron chi connectivity index (χ0n) is 12.7. The van der Waals surface area contributed by atoms with Crippen molar-refractivity contribution >= 4 is 26.8 Å². The summed E-state index contributed by atoms with van der Waals surface area (Å²) in [7, 11) is 0. The number of aromatic nitrogens is 2. The number of hydrogen-bond donors (Lipinski definition) is 0. The van der Waals surface area contributed by atoms with Crippen molar-refractivity contribution in [2.24, 2.45) is 0 Å². The fraction of sp³-hybridized carbons (Fsp3) is 0.562. The Morgan fingerprint density at radius 3 is 2.52 bits per heavy atom. The first-order chi connectivity index (χ1) is 9.84. The van der Waals surface area contributed by atoms with Crippen LogP contribution in [0.1, 0.15) is 39.7 Å². The van der Waals surface area contributed by atoms with Crippen LogP contribution in [-0.4, -0.2) is 33.3 Å². The van der Waals surface area contributed by atoms with Gasteiger partial charge in [0.05, 0.1) is 6.04 Å². The summed E-state index contributed by atoms with van der Waals surface area (Å²) in [5, 5.41) is 5.33. The Morgan fingerprint density at radius 2 is 1.90 bits per heavy atom. The molecule has 5 heteroatoms. The molecule has 1 aliphatic rings. The van der Waals surface area contributed by atoms with Gasteiger partial charge in [-0.2, -0.15) is 5.10 Å². The van der Waals surface area contributed by atoms with Gasteiger partial charge in [0.25, 0.3) is 0 Å². The van der Waals surface area contributed by atoms with Gasteiger partial charge in [0, 0.05) is 34.7 Å². The molecule has 1 aliphatic heterocycles. The molecule has 0 N–H and O–H groups in total. The fourth-order valence-corrected chi connectivity index (χ4v) is 3.51. The minimum Gasteiger partial charge on any atom is -0.298 e. The van der Waals surface area contributed by atoms with Gasteiger partial charge in [-0.05, 0) is 45.7 Å². The van der Waals surface area contributed by atoms with Crippen LogP contribution in [0.2, 0.25) is 0 Å². The lowest BCUT2D eigenvalue weighted by Crippen LogP contribution is -2.46. The summed E-state index contributed by atoms with van der Waals surface area (Å²) >= 11 is 3.33. The van der Waals surface area contributed by atoms with E-state index < -0.39 is 0 Å². The van der Waals surface area contributed by atoms with Crippen molar-refractivity contribution in [3.8, 4) is 0 Å². The van der Waals surface area contributed by atoms with Crippen molar-refractivity contribution < 1.29 is 4.39 Å². The average molecular weight is 354 g/mol. The smallest absolute Gasteiger partial charge is 0.152 e. The van der Waals surface area contributed by atoms with E-state index in [-0.39, 0.29) is 11.4 Å². The van der Waals surface area contributed by atoms with Crippen LogP contribution in [0.4, 0.5) is 4.39 Å². The van der Waals surface area contributed by atoms with Gasteiger partial charge in [0.2, 0.25) is 0 Å². The second kappa shape index (κ2) is 5.36. The van der Waals surface area contributed by atoms with Gasteiger partial charge >= 0.3 is 0 Å². The Balaban J connectivity index is 1.81. The number of likely N-dealkylation sites (tertiary alicyclic amines) is 1. The molecule has 0 unspecified atom stereocenters. The quantitative estimate of drug-likeness (QED) is 0.758. The Hall–Kier alpha value is -0.940. The van der Waals surface area contributed by atoms with E-state index in [9.17, 15) is 4.39 Å². The molecule has 0 bridgehead atoms. The first-order valence-corrected chi connectivity index (χ1v) is 8.23. The molecule has 1 aromatic carbocycles. The van der Waals surface area contributed by atoms with Crippen LogP contribution in [0.3, 0.4) is 0 Å². The molecule has 2 aromatic rings. The van der Waals surface area contributed by atoms with Crippen LogP contribution in [-0.2, 0) is 0 Å². The van der Waals surface area contributed by atoms with E-state index in [4.69, 9.17) is 0 Å². The summed E-state index contributed by atoms with van der Waals surface area (Å²) in [4.78, 5) is 2.50. The van der Waals surface area contributed by atoms with Crippen molar-refractivity contribution in [2.75, 3.05) is 13.1 Å². The van der Waals surface area contributed by atoms with E-state index in [1.54, 1.807) is 0 Å². The second-order valence-electron chi connectivity index (χ2n) is 6.82. The van der Waals surface area contributed by atoms with Crippen molar-refractivity contribution in [1.82, 2.24) is 14.7 Å². The van der Waals surface area contributed by atoms with Crippen molar-refractivity contribution in [3.63, 3.8) is 0 Å². The maximum absolute atomic E-state index is 13.9. The molecule has 114 valence electrons. The zero-order chi connectivity index (χ0) is 15.2. The van der Waals surface area contributed by atoms with Crippen LogP contribution in [0.15, 0.2) is 22.8 Å². The lowest BCUT2D eigenvalue weighted by Gasteiger charge is -2.40. The fourth-order valence-electron chi connectivity index (χ4n) is 3.06. The topological polar surface area (TPSA) is 21.1 Å². The lowest BCUT2D eigenvalue weighted by molar-refractivity contribution is 0.0872. The number of rotatable bonds is 1. The van der Waals surface area contributed by atoms with Gasteiger partial charge in [-0.3, -0.25) is 9.58 Å². The minimum atomic E-state index is -0.259. The van der Waals surface area contributed by atoms with E-state index in [2.05, 4.69) is 46.7 Å². The summed E-state index contributed by atoms with van der Waals surface area (Å²) in [5.41, 5.74) is 0.688. The Kier molecular flexibility index (Phi) is 3.82. The summed E-state index contributed by atoms with van der Waals surface area (Å²) in [6, 6.07) is 3.77. The van der Waals surface area contributed by atoms with Crippen LogP contribution >= 0.6 is 15.9 Å². The number of nitrogens with zero attached hydrogens (tertiary/aromatic N) is 3. The van der Waals surface area contributed by atoms with E-state index in [1.165, 1.54) is 6.07 Å². The second-order valence-corrected chi connectivity index (χ2v) is 7.74. The first kappa shape index (κ1) is 15.0. The monoisotopic (exact) mass is 353 g/mol. The van der Waals surface area contributed by atoms with Crippen molar-refractivity contribution in [1.29, 1.82) is 0 Å². The van der Waals surface area contributed by atoms with Gasteiger partial charge in [-0.15, -0.1) is 0 Å². The molecule has 0 radical (unpaired) electrons. The number of benzene rings is 1. The third-order valence-electron chi connectivity index (χ3n) is 4.33. The predicted molar refractivity (Wildman–Crippen MR) is 87.0 cm³/mol.